The highest BCUT2D eigenvalue weighted by Crippen LogP contribution is 2.19. The molecule has 0 saturated carbocycles. The number of aliphatic hydroxyl groups is 1. The highest BCUT2D eigenvalue weighted by molar-refractivity contribution is 5.73. The Labute approximate surface area is 114 Å². The fourth-order valence-electron chi connectivity index (χ4n) is 2.70. The molecule has 2 rings (SSSR count). The monoisotopic (exact) mass is 262 g/mol. The second kappa shape index (κ2) is 6.68. The van der Waals surface area contributed by atoms with Crippen molar-refractivity contribution in [1.29, 1.82) is 0 Å². The number of amides is 1. The van der Waals surface area contributed by atoms with Gasteiger partial charge in [0.25, 0.3) is 0 Å². The molecule has 0 spiro atoms. The van der Waals surface area contributed by atoms with Crippen LogP contribution in [0.15, 0.2) is 30.3 Å². The lowest BCUT2D eigenvalue weighted by molar-refractivity contribution is -0.120. The van der Waals surface area contributed by atoms with E-state index < -0.39 is 0 Å². The van der Waals surface area contributed by atoms with Crippen molar-refractivity contribution in [3.05, 3.63) is 35.9 Å². The summed E-state index contributed by atoms with van der Waals surface area (Å²) in [4.78, 5) is 13.6. The Morgan fingerprint density at radius 3 is 2.79 bits per heavy atom. The van der Waals surface area contributed by atoms with E-state index >= 15 is 0 Å². The van der Waals surface area contributed by atoms with Gasteiger partial charge in [0, 0.05) is 38.6 Å². The average Bonchev–Trinajstić information content (AvgIpc) is 2.39. The predicted molar refractivity (Wildman–Crippen MR) is 74.5 cm³/mol. The molecule has 1 aromatic carbocycles. The Morgan fingerprint density at radius 2 is 2.16 bits per heavy atom. The van der Waals surface area contributed by atoms with Crippen molar-refractivity contribution in [2.45, 2.75) is 25.9 Å². The lowest BCUT2D eigenvalue weighted by Gasteiger charge is -2.38. The smallest absolute Gasteiger partial charge is 0.217 e. The molecule has 4 nitrogen and oxygen atoms in total. The molecule has 2 unspecified atom stereocenters. The number of benzene rings is 1. The lowest BCUT2D eigenvalue weighted by Crippen LogP contribution is -2.52. The fourth-order valence-corrected chi connectivity index (χ4v) is 2.70. The van der Waals surface area contributed by atoms with Gasteiger partial charge in [0.05, 0.1) is 0 Å². The Hall–Kier alpha value is -1.39. The summed E-state index contributed by atoms with van der Waals surface area (Å²) in [6.45, 7) is 4.35. The minimum absolute atomic E-state index is 0.0231. The van der Waals surface area contributed by atoms with Crippen molar-refractivity contribution in [3.63, 3.8) is 0 Å². The number of likely N-dealkylation sites (tertiary alicyclic amines) is 1. The Morgan fingerprint density at radius 1 is 1.42 bits per heavy atom. The first-order chi connectivity index (χ1) is 9.19. The van der Waals surface area contributed by atoms with Crippen molar-refractivity contribution < 1.29 is 9.90 Å². The maximum Gasteiger partial charge on any atom is 0.217 e. The van der Waals surface area contributed by atoms with Crippen LogP contribution < -0.4 is 5.32 Å². The van der Waals surface area contributed by atoms with Gasteiger partial charge < -0.3 is 10.4 Å². The molecular weight excluding hydrogens is 240 g/mol. The van der Waals surface area contributed by atoms with Crippen molar-refractivity contribution in [2.24, 2.45) is 5.92 Å². The third kappa shape index (κ3) is 4.04. The first-order valence-electron chi connectivity index (χ1n) is 6.83. The van der Waals surface area contributed by atoms with Crippen molar-refractivity contribution >= 4 is 5.91 Å². The van der Waals surface area contributed by atoms with E-state index in [1.165, 1.54) is 12.5 Å². The topological polar surface area (TPSA) is 52.6 Å². The van der Waals surface area contributed by atoms with Crippen LogP contribution in [0.4, 0.5) is 0 Å². The minimum atomic E-state index is -0.0231. The van der Waals surface area contributed by atoms with Crippen LogP contribution in [0.2, 0.25) is 0 Å². The maximum absolute atomic E-state index is 11.2. The van der Waals surface area contributed by atoms with E-state index in [9.17, 15) is 9.90 Å². The molecule has 1 fully saturated rings. The third-order valence-electron chi connectivity index (χ3n) is 3.71. The zero-order valence-electron chi connectivity index (χ0n) is 11.4. The Bertz CT molecular complexity index is 408. The van der Waals surface area contributed by atoms with E-state index in [1.807, 2.05) is 18.2 Å². The van der Waals surface area contributed by atoms with Crippen molar-refractivity contribution in [3.8, 4) is 0 Å². The summed E-state index contributed by atoms with van der Waals surface area (Å²) in [5.41, 5.74) is 1.28. The lowest BCUT2D eigenvalue weighted by atomic mass is 9.92. The number of nitrogens with one attached hydrogen (secondary N) is 1. The van der Waals surface area contributed by atoms with Crippen LogP contribution in [-0.2, 0) is 11.3 Å². The SMILES string of the molecule is CC(=O)NC1CN(Cc2ccccc2)CCC1CO. The van der Waals surface area contributed by atoms with Gasteiger partial charge in [-0.05, 0) is 18.5 Å². The molecule has 2 atom stereocenters. The number of nitrogens with zero attached hydrogens (tertiary/aromatic N) is 1. The molecule has 1 aliphatic rings. The standard InChI is InChI=1S/C15H22N2O2/c1-12(19)16-15-10-17(8-7-14(15)11-18)9-13-5-3-2-4-6-13/h2-6,14-15,18H,7-11H2,1H3,(H,16,19). The molecule has 0 bridgehead atoms. The van der Waals surface area contributed by atoms with E-state index in [0.717, 1.165) is 26.1 Å². The number of hydrogen-bond donors (Lipinski definition) is 2. The van der Waals surface area contributed by atoms with Gasteiger partial charge in [-0.15, -0.1) is 0 Å². The van der Waals surface area contributed by atoms with Gasteiger partial charge in [-0.3, -0.25) is 9.69 Å². The van der Waals surface area contributed by atoms with Gasteiger partial charge in [-0.2, -0.15) is 0 Å². The van der Waals surface area contributed by atoms with E-state index in [2.05, 4.69) is 22.3 Å². The number of hydrogen-bond acceptors (Lipinski definition) is 3. The first-order valence-corrected chi connectivity index (χ1v) is 6.83. The van der Waals surface area contributed by atoms with Crippen LogP contribution in [0.25, 0.3) is 0 Å². The van der Waals surface area contributed by atoms with Crippen LogP contribution in [0.3, 0.4) is 0 Å². The minimum Gasteiger partial charge on any atom is -0.396 e. The second-order valence-electron chi connectivity index (χ2n) is 5.26. The second-order valence-corrected chi connectivity index (χ2v) is 5.26. The predicted octanol–water partition coefficient (Wildman–Crippen LogP) is 1.01. The molecule has 1 amide bonds. The highest BCUT2D eigenvalue weighted by atomic mass is 16.3. The summed E-state index contributed by atoms with van der Waals surface area (Å²) < 4.78 is 0. The number of carbonyl (C=O) groups is 1. The van der Waals surface area contributed by atoms with E-state index in [0.29, 0.717) is 0 Å². The van der Waals surface area contributed by atoms with Gasteiger partial charge in [-0.25, -0.2) is 0 Å². The third-order valence-corrected chi connectivity index (χ3v) is 3.71. The molecule has 0 radical (unpaired) electrons. The van der Waals surface area contributed by atoms with Crippen LogP contribution in [0, 0.1) is 5.92 Å². The maximum atomic E-state index is 11.2. The van der Waals surface area contributed by atoms with Crippen LogP contribution in [0.5, 0.6) is 0 Å². The molecular formula is C15H22N2O2. The summed E-state index contributed by atoms with van der Waals surface area (Å²) in [5, 5.41) is 12.3. The van der Waals surface area contributed by atoms with Crippen molar-refractivity contribution in [2.75, 3.05) is 19.7 Å². The molecule has 2 N–H and O–H groups in total. The summed E-state index contributed by atoms with van der Waals surface area (Å²) >= 11 is 0. The van der Waals surface area contributed by atoms with E-state index in [-0.39, 0.29) is 24.5 Å². The zero-order valence-corrected chi connectivity index (χ0v) is 11.4. The Kier molecular flexibility index (Phi) is 4.93. The number of rotatable bonds is 4. The van der Waals surface area contributed by atoms with Crippen molar-refractivity contribution in [1.82, 2.24) is 10.2 Å². The van der Waals surface area contributed by atoms with Gasteiger partial charge in [0.2, 0.25) is 5.91 Å². The molecule has 1 aliphatic heterocycles. The van der Waals surface area contributed by atoms with E-state index in [4.69, 9.17) is 0 Å². The normalized spacial score (nSPS) is 24.1. The number of aliphatic hydroxyl groups excluding tert-OH is 1. The summed E-state index contributed by atoms with van der Waals surface area (Å²) in [6.07, 6.45) is 0.925. The van der Waals surface area contributed by atoms with Crippen LogP contribution >= 0.6 is 0 Å². The molecule has 0 aliphatic carbocycles. The van der Waals surface area contributed by atoms with Crippen LogP contribution in [0.1, 0.15) is 18.9 Å². The average molecular weight is 262 g/mol. The van der Waals surface area contributed by atoms with Gasteiger partial charge in [-0.1, -0.05) is 30.3 Å². The largest absolute Gasteiger partial charge is 0.396 e. The van der Waals surface area contributed by atoms with Gasteiger partial charge in [0.15, 0.2) is 0 Å². The molecule has 0 aromatic heterocycles. The quantitative estimate of drug-likeness (QED) is 0.851. The Balaban J connectivity index is 1.95. The zero-order chi connectivity index (χ0) is 13.7. The first kappa shape index (κ1) is 14.0. The fraction of sp³-hybridized carbons (Fsp3) is 0.533. The molecule has 1 aromatic rings. The molecule has 1 saturated heterocycles. The number of carbonyl (C=O) groups excluding carboxylic acids is 1. The molecule has 19 heavy (non-hydrogen) atoms. The summed E-state index contributed by atoms with van der Waals surface area (Å²) in [6, 6.07) is 10.4. The molecule has 4 heteroatoms. The molecule has 104 valence electrons. The highest BCUT2D eigenvalue weighted by Gasteiger charge is 2.29. The van der Waals surface area contributed by atoms with E-state index in [1.54, 1.807) is 0 Å². The number of piperidine rings is 1. The summed E-state index contributed by atoms with van der Waals surface area (Å²) in [7, 11) is 0. The molecule has 1 heterocycles. The van der Waals surface area contributed by atoms with Crippen LogP contribution in [-0.4, -0.2) is 41.7 Å². The van der Waals surface area contributed by atoms with Gasteiger partial charge >= 0.3 is 0 Å². The summed E-state index contributed by atoms with van der Waals surface area (Å²) in [5.74, 6) is 0.154. The van der Waals surface area contributed by atoms with Gasteiger partial charge in [0.1, 0.15) is 0 Å².